The zero-order chi connectivity index (χ0) is 12.5. The van der Waals surface area contributed by atoms with E-state index in [9.17, 15) is 0 Å². The molecular formula is C15H24O2. The van der Waals surface area contributed by atoms with Crippen LogP contribution in [0.1, 0.15) is 45.1 Å². The molecule has 0 aliphatic heterocycles. The molecule has 0 unspecified atom stereocenters. The van der Waals surface area contributed by atoms with E-state index < -0.39 is 0 Å². The second-order valence-electron chi connectivity index (χ2n) is 4.25. The first-order valence-electron chi connectivity index (χ1n) is 6.61. The van der Waals surface area contributed by atoms with Gasteiger partial charge >= 0.3 is 0 Å². The van der Waals surface area contributed by atoms with Gasteiger partial charge in [0.2, 0.25) is 0 Å². The van der Waals surface area contributed by atoms with Crippen LogP contribution in [0.4, 0.5) is 0 Å². The molecule has 0 saturated carbocycles. The monoisotopic (exact) mass is 236 g/mol. The van der Waals surface area contributed by atoms with Gasteiger partial charge in [0.25, 0.3) is 0 Å². The van der Waals surface area contributed by atoms with Gasteiger partial charge in [-0.25, -0.2) is 0 Å². The van der Waals surface area contributed by atoms with Crippen LogP contribution in [0.2, 0.25) is 0 Å². The van der Waals surface area contributed by atoms with Crippen molar-refractivity contribution in [2.75, 3.05) is 13.7 Å². The fraction of sp³-hybridized carbons (Fsp3) is 0.600. The molecule has 0 fully saturated rings. The molecule has 1 aromatic rings. The number of benzene rings is 1. The minimum absolute atomic E-state index is 0.781. The highest BCUT2D eigenvalue weighted by atomic mass is 16.5. The minimum atomic E-state index is 0.781. The van der Waals surface area contributed by atoms with Crippen LogP contribution in [-0.2, 0) is 6.42 Å². The Kier molecular flexibility index (Phi) is 6.53. The van der Waals surface area contributed by atoms with E-state index in [0.29, 0.717) is 0 Å². The predicted octanol–water partition coefficient (Wildman–Crippen LogP) is 4.22. The van der Waals surface area contributed by atoms with Crippen LogP contribution in [0.3, 0.4) is 0 Å². The average Bonchev–Trinajstić information content (AvgIpc) is 2.38. The van der Waals surface area contributed by atoms with Gasteiger partial charge < -0.3 is 9.47 Å². The van der Waals surface area contributed by atoms with E-state index in [-0.39, 0.29) is 0 Å². The highest BCUT2D eigenvalue weighted by Gasteiger charge is 2.04. The van der Waals surface area contributed by atoms with Crippen molar-refractivity contribution in [3.05, 3.63) is 23.8 Å². The van der Waals surface area contributed by atoms with Crippen molar-refractivity contribution in [3.63, 3.8) is 0 Å². The summed E-state index contributed by atoms with van der Waals surface area (Å²) in [5.74, 6) is 1.71. The second kappa shape index (κ2) is 7.99. The van der Waals surface area contributed by atoms with Crippen molar-refractivity contribution < 1.29 is 9.47 Å². The lowest BCUT2D eigenvalue weighted by atomic mass is 10.1. The van der Waals surface area contributed by atoms with Gasteiger partial charge in [-0.15, -0.1) is 0 Å². The molecule has 0 saturated heterocycles. The number of unbranched alkanes of at least 4 members (excludes halogenated alkanes) is 3. The summed E-state index contributed by atoms with van der Waals surface area (Å²) in [6.07, 6.45) is 5.93. The van der Waals surface area contributed by atoms with Gasteiger partial charge in [0.05, 0.1) is 13.7 Å². The van der Waals surface area contributed by atoms with Crippen LogP contribution in [0.15, 0.2) is 18.2 Å². The summed E-state index contributed by atoms with van der Waals surface area (Å²) in [5, 5.41) is 0. The Balaban J connectivity index is 2.49. The molecule has 0 radical (unpaired) electrons. The number of rotatable bonds is 8. The standard InChI is InChI=1S/C15H24O2/c1-4-6-7-8-11-17-15-12-13(5-2)9-10-14(15)16-3/h9-10,12H,4-8,11H2,1-3H3. The topological polar surface area (TPSA) is 18.5 Å². The van der Waals surface area contributed by atoms with Crippen molar-refractivity contribution in [2.24, 2.45) is 0 Å². The maximum Gasteiger partial charge on any atom is 0.161 e. The number of aryl methyl sites for hydroxylation is 1. The second-order valence-corrected chi connectivity index (χ2v) is 4.25. The summed E-state index contributed by atoms with van der Waals surface area (Å²) in [6.45, 7) is 5.14. The molecule has 2 heteroatoms. The third-order valence-corrected chi connectivity index (χ3v) is 2.89. The van der Waals surface area contributed by atoms with Crippen molar-refractivity contribution >= 4 is 0 Å². The van der Waals surface area contributed by atoms with Crippen LogP contribution in [0, 0.1) is 0 Å². The molecule has 0 spiro atoms. The molecule has 0 atom stereocenters. The summed E-state index contributed by atoms with van der Waals surface area (Å²) in [7, 11) is 1.69. The van der Waals surface area contributed by atoms with E-state index in [4.69, 9.17) is 9.47 Å². The first-order chi connectivity index (χ1) is 8.31. The van der Waals surface area contributed by atoms with Gasteiger partial charge in [-0.2, -0.15) is 0 Å². The van der Waals surface area contributed by atoms with Crippen LogP contribution in [0.25, 0.3) is 0 Å². The molecule has 0 N–H and O–H groups in total. The molecular weight excluding hydrogens is 212 g/mol. The van der Waals surface area contributed by atoms with Gasteiger partial charge in [-0.05, 0) is 30.5 Å². The third-order valence-electron chi connectivity index (χ3n) is 2.89. The maximum atomic E-state index is 5.79. The smallest absolute Gasteiger partial charge is 0.161 e. The molecule has 2 nitrogen and oxygen atoms in total. The Labute approximate surface area is 105 Å². The van der Waals surface area contributed by atoms with Crippen molar-refractivity contribution in [3.8, 4) is 11.5 Å². The summed E-state index contributed by atoms with van der Waals surface area (Å²) in [6, 6.07) is 6.15. The average molecular weight is 236 g/mol. The Morgan fingerprint density at radius 2 is 1.82 bits per heavy atom. The lowest BCUT2D eigenvalue weighted by Crippen LogP contribution is -2.00. The Bertz CT molecular complexity index is 321. The van der Waals surface area contributed by atoms with E-state index >= 15 is 0 Å². The van der Waals surface area contributed by atoms with Crippen molar-refractivity contribution in [2.45, 2.75) is 46.0 Å². The summed E-state index contributed by atoms with van der Waals surface area (Å²) in [4.78, 5) is 0. The maximum absolute atomic E-state index is 5.79. The van der Waals surface area contributed by atoms with E-state index in [0.717, 1.165) is 30.9 Å². The summed E-state index contributed by atoms with van der Waals surface area (Å²) in [5.41, 5.74) is 1.29. The van der Waals surface area contributed by atoms with Gasteiger partial charge in [0, 0.05) is 0 Å². The fourth-order valence-electron chi connectivity index (χ4n) is 1.76. The van der Waals surface area contributed by atoms with Crippen LogP contribution in [0.5, 0.6) is 11.5 Å². The Hall–Kier alpha value is -1.18. The van der Waals surface area contributed by atoms with Crippen molar-refractivity contribution in [1.29, 1.82) is 0 Å². The Morgan fingerprint density at radius 1 is 1.00 bits per heavy atom. The largest absolute Gasteiger partial charge is 0.493 e. The van der Waals surface area contributed by atoms with Crippen LogP contribution < -0.4 is 9.47 Å². The molecule has 0 bridgehead atoms. The first-order valence-corrected chi connectivity index (χ1v) is 6.61. The van der Waals surface area contributed by atoms with Crippen LogP contribution >= 0.6 is 0 Å². The van der Waals surface area contributed by atoms with Gasteiger partial charge in [0.1, 0.15) is 0 Å². The number of ether oxygens (including phenoxy) is 2. The van der Waals surface area contributed by atoms with Gasteiger partial charge in [0.15, 0.2) is 11.5 Å². The molecule has 17 heavy (non-hydrogen) atoms. The number of hydrogen-bond donors (Lipinski definition) is 0. The summed E-state index contributed by atoms with van der Waals surface area (Å²) < 4.78 is 11.1. The predicted molar refractivity (Wildman–Crippen MR) is 72.0 cm³/mol. The van der Waals surface area contributed by atoms with E-state index in [1.165, 1.54) is 24.8 Å². The number of hydrogen-bond acceptors (Lipinski definition) is 2. The molecule has 0 aliphatic rings. The first kappa shape index (κ1) is 13.9. The zero-order valence-corrected chi connectivity index (χ0v) is 11.3. The molecule has 0 aliphatic carbocycles. The lowest BCUT2D eigenvalue weighted by Gasteiger charge is -2.11. The molecule has 0 amide bonds. The Morgan fingerprint density at radius 3 is 2.47 bits per heavy atom. The fourth-order valence-corrected chi connectivity index (χ4v) is 1.76. The molecule has 1 rings (SSSR count). The molecule has 1 aromatic carbocycles. The highest BCUT2D eigenvalue weighted by molar-refractivity contribution is 5.42. The van der Waals surface area contributed by atoms with Gasteiger partial charge in [-0.1, -0.05) is 39.2 Å². The highest BCUT2D eigenvalue weighted by Crippen LogP contribution is 2.28. The van der Waals surface area contributed by atoms with E-state index in [1.807, 2.05) is 6.07 Å². The summed E-state index contributed by atoms with van der Waals surface area (Å²) >= 11 is 0. The van der Waals surface area contributed by atoms with Crippen molar-refractivity contribution in [1.82, 2.24) is 0 Å². The minimum Gasteiger partial charge on any atom is -0.493 e. The van der Waals surface area contributed by atoms with E-state index in [1.54, 1.807) is 7.11 Å². The SMILES string of the molecule is CCCCCCOc1cc(CC)ccc1OC. The molecule has 0 heterocycles. The molecule has 96 valence electrons. The lowest BCUT2D eigenvalue weighted by molar-refractivity contribution is 0.285. The van der Waals surface area contributed by atoms with Crippen LogP contribution in [-0.4, -0.2) is 13.7 Å². The third kappa shape index (κ3) is 4.68. The molecule has 0 aromatic heterocycles. The number of methoxy groups -OCH3 is 1. The van der Waals surface area contributed by atoms with Gasteiger partial charge in [-0.3, -0.25) is 0 Å². The quantitative estimate of drug-likeness (QED) is 0.629. The normalized spacial score (nSPS) is 10.3. The zero-order valence-electron chi connectivity index (χ0n) is 11.3. The van der Waals surface area contributed by atoms with E-state index in [2.05, 4.69) is 26.0 Å².